The van der Waals surface area contributed by atoms with Gasteiger partial charge in [-0.05, 0) is 93.5 Å². The van der Waals surface area contributed by atoms with Gasteiger partial charge in [0.05, 0.1) is 22.9 Å². The number of amides is 2. The largest absolute Gasteiger partial charge is 0.490 e. The van der Waals surface area contributed by atoms with Gasteiger partial charge in [0.2, 0.25) is 0 Å². The third kappa shape index (κ3) is 6.65. The van der Waals surface area contributed by atoms with Gasteiger partial charge in [0, 0.05) is 10.2 Å². The smallest absolute Gasteiger partial charge is 0.261 e. The molecule has 34 heavy (non-hydrogen) atoms. The van der Waals surface area contributed by atoms with Crippen LogP contribution in [0.3, 0.4) is 0 Å². The summed E-state index contributed by atoms with van der Waals surface area (Å²) in [5.41, 5.74) is 4.14. The van der Waals surface area contributed by atoms with Crippen LogP contribution in [-0.2, 0) is 0 Å². The van der Waals surface area contributed by atoms with Crippen molar-refractivity contribution in [2.45, 2.75) is 33.8 Å². The van der Waals surface area contributed by atoms with Crippen LogP contribution in [0.25, 0.3) is 0 Å². The first-order valence-electron chi connectivity index (χ1n) is 10.7. The molecule has 0 aliphatic carbocycles. The fourth-order valence-corrected chi connectivity index (χ4v) is 3.73. The van der Waals surface area contributed by atoms with Crippen LogP contribution < -0.4 is 20.7 Å². The van der Waals surface area contributed by atoms with Gasteiger partial charge in [-0.3, -0.25) is 14.9 Å². The number of para-hydroxylation sites is 1. The summed E-state index contributed by atoms with van der Waals surface area (Å²) >= 11 is 8.74. The first-order chi connectivity index (χ1) is 16.1. The first kappa shape index (κ1) is 25.4. The summed E-state index contributed by atoms with van der Waals surface area (Å²) in [6, 6.07) is 17.9. The van der Waals surface area contributed by atoms with E-state index in [4.69, 9.17) is 17.0 Å². The molecule has 0 aromatic heterocycles. The van der Waals surface area contributed by atoms with E-state index in [9.17, 15) is 9.59 Å². The summed E-state index contributed by atoms with van der Waals surface area (Å²) in [4.78, 5) is 25.8. The second-order valence-electron chi connectivity index (χ2n) is 8.01. The first-order valence-corrected chi connectivity index (χ1v) is 11.9. The van der Waals surface area contributed by atoms with Gasteiger partial charge in [-0.25, -0.2) is 0 Å². The second kappa shape index (κ2) is 11.3. The number of nitrogens with one attached hydrogen (secondary N) is 3. The molecule has 3 N–H and O–H groups in total. The minimum atomic E-state index is -0.425. The Balaban J connectivity index is 1.74. The van der Waals surface area contributed by atoms with Gasteiger partial charge in [0.25, 0.3) is 11.8 Å². The number of ether oxygens (including phenoxy) is 1. The quantitative estimate of drug-likeness (QED) is 0.323. The summed E-state index contributed by atoms with van der Waals surface area (Å²) < 4.78 is 6.48. The van der Waals surface area contributed by atoms with Crippen LogP contribution in [0.2, 0.25) is 0 Å². The van der Waals surface area contributed by atoms with Crippen molar-refractivity contribution in [1.29, 1.82) is 0 Å². The van der Waals surface area contributed by atoms with Crippen molar-refractivity contribution in [3.8, 4) is 5.75 Å². The highest BCUT2D eigenvalue weighted by atomic mass is 79.9. The molecule has 0 saturated heterocycles. The lowest BCUT2D eigenvalue weighted by molar-refractivity contribution is 0.0970. The van der Waals surface area contributed by atoms with Gasteiger partial charge in [0.1, 0.15) is 5.75 Å². The van der Waals surface area contributed by atoms with Crippen molar-refractivity contribution in [1.82, 2.24) is 5.32 Å². The lowest BCUT2D eigenvalue weighted by Gasteiger charge is -2.16. The number of aryl methyl sites for hydroxylation is 2. The van der Waals surface area contributed by atoms with E-state index in [1.807, 2.05) is 45.9 Å². The highest BCUT2D eigenvalue weighted by Gasteiger charge is 2.17. The molecule has 2 amide bonds. The van der Waals surface area contributed by atoms with Crippen LogP contribution in [0.1, 0.15) is 45.7 Å². The normalized spacial score (nSPS) is 10.5. The number of halogens is 1. The van der Waals surface area contributed by atoms with E-state index in [1.54, 1.807) is 42.5 Å². The molecule has 3 aromatic rings. The lowest BCUT2D eigenvalue weighted by Crippen LogP contribution is -2.35. The van der Waals surface area contributed by atoms with Gasteiger partial charge in [0.15, 0.2) is 5.11 Å². The van der Waals surface area contributed by atoms with Gasteiger partial charge < -0.3 is 15.4 Å². The number of anilines is 2. The standard InChI is InChI=1S/C26H26BrN3O3S/c1-15(2)33-23-12-10-18(27)14-21(23)25(32)30-26(34)29-22-8-6-5-7-20(22)24(31)28-19-11-9-16(3)17(4)13-19/h5-15H,1-4H3,(H,28,31)(H2,29,30,32,34). The van der Waals surface area contributed by atoms with E-state index in [2.05, 4.69) is 31.9 Å². The van der Waals surface area contributed by atoms with Crippen LogP contribution in [0, 0.1) is 13.8 Å². The van der Waals surface area contributed by atoms with Crippen molar-refractivity contribution in [2.75, 3.05) is 10.6 Å². The zero-order valence-corrected chi connectivity index (χ0v) is 21.8. The topological polar surface area (TPSA) is 79.5 Å². The fourth-order valence-electron chi connectivity index (χ4n) is 3.17. The number of benzene rings is 3. The molecule has 0 bridgehead atoms. The van der Waals surface area contributed by atoms with E-state index in [1.165, 1.54) is 0 Å². The van der Waals surface area contributed by atoms with Crippen LogP contribution in [-0.4, -0.2) is 23.0 Å². The second-order valence-corrected chi connectivity index (χ2v) is 9.34. The fraction of sp³-hybridized carbons (Fsp3) is 0.192. The zero-order chi connectivity index (χ0) is 24.8. The van der Waals surface area contributed by atoms with Gasteiger partial charge in [-0.15, -0.1) is 0 Å². The lowest BCUT2D eigenvalue weighted by atomic mass is 10.1. The number of rotatable bonds is 6. The van der Waals surface area contributed by atoms with Crippen LogP contribution in [0.5, 0.6) is 5.75 Å². The molecule has 0 atom stereocenters. The van der Waals surface area contributed by atoms with Crippen molar-refractivity contribution < 1.29 is 14.3 Å². The van der Waals surface area contributed by atoms with Crippen molar-refractivity contribution >= 4 is 56.4 Å². The molecule has 176 valence electrons. The molecular weight excluding hydrogens is 514 g/mol. The number of carbonyl (C=O) groups is 2. The maximum absolute atomic E-state index is 12.9. The molecule has 0 unspecified atom stereocenters. The van der Waals surface area contributed by atoms with E-state index >= 15 is 0 Å². The van der Waals surface area contributed by atoms with E-state index in [-0.39, 0.29) is 17.1 Å². The third-order valence-corrected chi connectivity index (χ3v) is 5.66. The maximum atomic E-state index is 12.9. The Morgan fingerprint density at radius 1 is 0.882 bits per heavy atom. The summed E-state index contributed by atoms with van der Waals surface area (Å²) in [5, 5.41) is 8.59. The molecule has 0 aliphatic rings. The van der Waals surface area contributed by atoms with Crippen molar-refractivity contribution in [3.05, 3.63) is 87.4 Å². The van der Waals surface area contributed by atoms with Crippen LogP contribution in [0.4, 0.5) is 11.4 Å². The van der Waals surface area contributed by atoms with E-state index in [0.29, 0.717) is 28.3 Å². The summed E-state index contributed by atoms with van der Waals surface area (Å²) in [7, 11) is 0. The average Bonchev–Trinajstić information content (AvgIpc) is 2.77. The Labute approximate surface area is 213 Å². The molecule has 3 rings (SSSR count). The monoisotopic (exact) mass is 539 g/mol. The highest BCUT2D eigenvalue weighted by Crippen LogP contribution is 2.25. The summed E-state index contributed by atoms with van der Waals surface area (Å²) in [5.74, 6) is -0.265. The predicted molar refractivity (Wildman–Crippen MR) is 144 cm³/mol. The minimum Gasteiger partial charge on any atom is -0.490 e. The van der Waals surface area contributed by atoms with Gasteiger partial charge in [-0.2, -0.15) is 0 Å². The molecule has 0 radical (unpaired) electrons. The molecule has 6 nitrogen and oxygen atoms in total. The van der Waals surface area contributed by atoms with Gasteiger partial charge >= 0.3 is 0 Å². The number of carbonyl (C=O) groups excluding carboxylic acids is 2. The molecule has 0 fully saturated rings. The van der Waals surface area contributed by atoms with Crippen LogP contribution in [0.15, 0.2) is 65.1 Å². The van der Waals surface area contributed by atoms with E-state index in [0.717, 1.165) is 15.6 Å². The molecular formula is C26H26BrN3O3S. The number of thiocarbonyl (C=S) groups is 1. The average molecular weight is 540 g/mol. The molecule has 0 heterocycles. The maximum Gasteiger partial charge on any atom is 0.261 e. The SMILES string of the molecule is Cc1ccc(NC(=O)c2ccccc2NC(=S)NC(=O)c2cc(Br)ccc2OC(C)C)cc1C. The number of hydrogen-bond donors (Lipinski definition) is 3. The molecule has 8 heteroatoms. The highest BCUT2D eigenvalue weighted by molar-refractivity contribution is 9.10. The van der Waals surface area contributed by atoms with Crippen molar-refractivity contribution in [2.24, 2.45) is 0 Å². The zero-order valence-electron chi connectivity index (χ0n) is 19.4. The minimum absolute atomic E-state index is 0.0619. The Hall–Kier alpha value is -3.23. The van der Waals surface area contributed by atoms with Crippen LogP contribution >= 0.6 is 28.1 Å². The van der Waals surface area contributed by atoms with E-state index < -0.39 is 5.91 Å². The predicted octanol–water partition coefficient (Wildman–Crippen LogP) is 6.23. The molecule has 0 spiro atoms. The Morgan fingerprint density at radius 3 is 2.32 bits per heavy atom. The molecule has 0 saturated carbocycles. The summed E-state index contributed by atoms with van der Waals surface area (Å²) in [6.07, 6.45) is -0.0968. The Bertz CT molecular complexity index is 1240. The molecule has 0 aliphatic heterocycles. The Kier molecular flexibility index (Phi) is 8.41. The summed E-state index contributed by atoms with van der Waals surface area (Å²) in [6.45, 7) is 7.78. The molecule has 3 aromatic carbocycles. The van der Waals surface area contributed by atoms with Gasteiger partial charge in [-0.1, -0.05) is 34.1 Å². The number of hydrogen-bond acceptors (Lipinski definition) is 4. The van der Waals surface area contributed by atoms with Crippen molar-refractivity contribution in [3.63, 3.8) is 0 Å². The Morgan fingerprint density at radius 2 is 1.62 bits per heavy atom. The third-order valence-electron chi connectivity index (χ3n) is 4.96.